The molecule has 0 saturated heterocycles. The van der Waals surface area contributed by atoms with E-state index in [1.165, 1.54) is 11.8 Å². The lowest BCUT2D eigenvalue weighted by Gasteiger charge is -2.30. The Bertz CT molecular complexity index is 848. The number of nitrogens with zero attached hydrogens (tertiary/aromatic N) is 1. The molecule has 162 valence electrons. The quantitative estimate of drug-likeness (QED) is 0.498. The lowest BCUT2D eigenvalue weighted by atomic mass is 10.1. The maximum Gasteiger partial charge on any atom is 0.242 e. The van der Waals surface area contributed by atoms with Crippen molar-refractivity contribution >= 4 is 46.8 Å². The van der Waals surface area contributed by atoms with E-state index in [-0.39, 0.29) is 30.2 Å². The van der Waals surface area contributed by atoms with Crippen LogP contribution in [-0.4, -0.2) is 34.6 Å². The van der Waals surface area contributed by atoms with Gasteiger partial charge in [-0.1, -0.05) is 66.5 Å². The fraction of sp³-hybridized carbons (Fsp3) is 0.391. The average molecular weight is 467 g/mol. The number of hydrogen-bond donors (Lipinski definition) is 1. The predicted octanol–water partition coefficient (Wildman–Crippen LogP) is 5.56. The van der Waals surface area contributed by atoms with Crippen LogP contribution in [-0.2, 0) is 21.9 Å². The van der Waals surface area contributed by atoms with Crippen molar-refractivity contribution in [3.05, 3.63) is 69.7 Å². The minimum atomic E-state index is -0.615. The monoisotopic (exact) mass is 466 g/mol. The van der Waals surface area contributed by atoms with Gasteiger partial charge in [-0.05, 0) is 43.5 Å². The lowest BCUT2D eigenvalue weighted by molar-refractivity contribution is -0.138. The summed E-state index contributed by atoms with van der Waals surface area (Å²) in [6.07, 6.45) is 0.822. The van der Waals surface area contributed by atoms with Crippen LogP contribution in [0.15, 0.2) is 48.5 Å². The van der Waals surface area contributed by atoms with Crippen molar-refractivity contribution in [3.8, 4) is 0 Å². The standard InChI is InChI=1S/C23H28Cl2N2O2S/c1-4-16(2)26-23(29)17(3)27(13-19-10-11-20(24)12-21(19)25)22(28)15-30-14-18-8-6-5-7-9-18/h5-12,16-17H,4,13-15H2,1-3H3,(H,26,29)/t16-,17+/m1/s1. The molecule has 30 heavy (non-hydrogen) atoms. The summed E-state index contributed by atoms with van der Waals surface area (Å²) in [7, 11) is 0. The summed E-state index contributed by atoms with van der Waals surface area (Å²) in [6, 6.07) is 14.6. The third-order valence-corrected chi connectivity index (χ3v) is 6.44. The zero-order valence-corrected chi connectivity index (χ0v) is 19.9. The molecule has 0 aliphatic carbocycles. The molecule has 0 unspecified atom stereocenters. The fourth-order valence-corrected chi connectivity index (χ4v) is 4.13. The minimum Gasteiger partial charge on any atom is -0.352 e. The molecule has 2 aromatic carbocycles. The van der Waals surface area contributed by atoms with E-state index >= 15 is 0 Å². The summed E-state index contributed by atoms with van der Waals surface area (Å²) in [5.41, 5.74) is 1.91. The Labute approximate surface area is 193 Å². The van der Waals surface area contributed by atoms with Gasteiger partial charge in [-0.3, -0.25) is 9.59 Å². The smallest absolute Gasteiger partial charge is 0.242 e. The maximum absolute atomic E-state index is 13.1. The van der Waals surface area contributed by atoms with Gasteiger partial charge in [0.25, 0.3) is 0 Å². The van der Waals surface area contributed by atoms with Crippen LogP contribution in [0.2, 0.25) is 10.0 Å². The summed E-state index contributed by atoms with van der Waals surface area (Å²) >= 11 is 13.9. The molecule has 0 aliphatic rings. The molecule has 2 atom stereocenters. The van der Waals surface area contributed by atoms with E-state index in [1.807, 2.05) is 44.2 Å². The van der Waals surface area contributed by atoms with Gasteiger partial charge in [-0.25, -0.2) is 0 Å². The molecular weight excluding hydrogens is 439 g/mol. The molecule has 2 aromatic rings. The number of nitrogens with one attached hydrogen (secondary N) is 1. The van der Waals surface area contributed by atoms with Crippen LogP contribution in [0, 0.1) is 0 Å². The molecule has 0 saturated carbocycles. The van der Waals surface area contributed by atoms with Crippen molar-refractivity contribution in [2.45, 2.75) is 51.6 Å². The number of hydrogen-bond acceptors (Lipinski definition) is 3. The van der Waals surface area contributed by atoms with Crippen LogP contribution in [0.25, 0.3) is 0 Å². The first kappa shape index (κ1) is 24.6. The highest BCUT2D eigenvalue weighted by molar-refractivity contribution is 7.99. The second kappa shape index (κ2) is 12.2. The molecule has 4 nitrogen and oxygen atoms in total. The first-order valence-electron chi connectivity index (χ1n) is 9.97. The molecule has 1 N–H and O–H groups in total. The number of carbonyl (C=O) groups is 2. The molecule has 0 heterocycles. The zero-order chi connectivity index (χ0) is 22.1. The van der Waals surface area contributed by atoms with Crippen LogP contribution < -0.4 is 5.32 Å². The molecule has 2 rings (SSSR count). The molecule has 0 aliphatic heterocycles. The summed E-state index contributed by atoms with van der Waals surface area (Å²) in [6.45, 7) is 5.95. The van der Waals surface area contributed by atoms with Gasteiger partial charge in [-0.15, -0.1) is 11.8 Å². The number of benzene rings is 2. The number of rotatable bonds is 10. The van der Waals surface area contributed by atoms with Crippen LogP contribution in [0.1, 0.15) is 38.3 Å². The zero-order valence-electron chi connectivity index (χ0n) is 17.5. The number of carbonyl (C=O) groups excluding carboxylic acids is 2. The predicted molar refractivity (Wildman–Crippen MR) is 127 cm³/mol. The van der Waals surface area contributed by atoms with Gasteiger partial charge in [0.2, 0.25) is 11.8 Å². The number of thioether (sulfide) groups is 1. The second-order valence-corrected chi connectivity index (χ2v) is 9.06. The van der Waals surface area contributed by atoms with Gasteiger partial charge in [0, 0.05) is 28.4 Å². The third kappa shape index (κ3) is 7.53. The Balaban J connectivity index is 2.12. The highest BCUT2D eigenvalue weighted by atomic mass is 35.5. The largest absolute Gasteiger partial charge is 0.352 e. The SMILES string of the molecule is CC[C@@H](C)NC(=O)[C@H](C)N(Cc1ccc(Cl)cc1Cl)C(=O)CSCc1ccccc1. The van der Waals surface area contributed by atoms with E-state index in [4.69, 9.17) is 23.2 Å². The highest BCUT2D eigenvalue weighted by Crippen LogP contribution is 2.24. The minimum absolute atomic E-state index is 0.0449. The van der Waals surface area contributed by atoms with Crippen molar-refractivity contribution in [3.63, 3.8) is 0 Å². The van der Waals surface area contributed by atoms with E-state index in [2.05, 4.69) is 5.32 Å². The Morgan fingerprint density at radius 3 is 2.43 bits per heavy atom. The normalized spacial score (nSPS) is 12.8. The van der Waals surface area contributed by atoms with Crippen molar-refractivity contribution in [1.82, 2.24) is 10.2 Å². The van der Waals surface area contributed by atoms with E-state index in [9.17, 15) is 9.59 Å². The molecule has 0 radical (unpaired) electrons. The topological polar surface area (TPSA) is 49.4 Å². The van der Waals surface area contributed by atoms with Gasteiger partial charge in [0.1, 0.15) is 6.04 Å². The molecule has 0 spiro atoms. The van der Waals surface area contributed by atoms with Gasteiger partial charge < -0.3 is 10.2 Å². The Morgan fingerprint density at radius 2 is 1.80 bits per heavy atom. The summed E-state index contributed by atoms with van der Waals surface area (Å²) < 4.78 is 0. The molecule has 7 heteroatoms. The van der Waals surface area contributed by atoms with E-state index < -0.39 is 6.04 Å². The van der Waals surface area contributed by atoms with E-state index in [0.29, 0.717) is 10.0 Å². The van der Waals surface area contributed by atoms with E-state index in [1.54, 1.807) is 30.0 Å². The van der Waals surface area contributed by atoms with Crippen LogP contribution >= 0.6 is 35.0 Å². The van der Waals surface area contributed by atoms with Crippen LogP contribution in [0.4, 0.5) is 0 Å². The average Bonchev–Trinajstić information content (AvgIpc) is 2.73. The third-order valence-electron chi connectivity index (χ3n) is 4.86. The number of amides is 2. The number of halogens is 2. The van der Waals surface area contributed by atoms with Crippen molar-refractivity contribution in [1.29, 1.82) is 0 Å². The van der Waals surface area contributed by atoms with Gasteiger partial charge >= 0.3 is 0 Å². The Morgan fingerprint density at radius 1 is 1.10 bits per heavy atom. The maximum atomic E-state index is 13.1. The van der Waals surface area contributed by atoms with Crippen LogP contribution in [0.3, 0.4) is 0 Å². The summed E-state index contributed by atoms with van der Waals surface area (Å²) in [5.74, 6) is 0.737. The highest BCUT2D eigenvalue weighted by Gasteiger charge is 2.27. The van der Waals surface area contributed by atoms with E-state index in [0.717, 1.165) is 23.3 Å². The summed E-state index contributed by atoms with van der Waals surface area (Å²) in [4.78, 5) is 27.4. The van der Waals surface area contributed by atoms with Crippen molar-refractivity contribution in [2.24, 2.45) is 0 Å². The van der Waals surface area contributed by atoms with Crippen molar-refractivity contribution in [2.75, 3.05) is 5.75 Å². The van der Waals surface area contributed by atoms with Gasteiger partial charge in [-0.2, -0.15) is 0 Å². The second-order valence-electron chi connectivity index (χ2n) is 7.23. The summed E-state index contributed by atoms with van der Waals surface area (Å²) in [5, 5.41) is 3.97. The molecule has 0 bridgehead atoms. The lowest BCUT2D eigenvalue weighted by Crippen LogP contribution is -2.50. The van der Waals surface area contributed by atoms with Gasteiger partial charge in [0.15, 0.2) is 0 Å². The first-order valence-corrected chi connectivity index (χ1v) is 11.9. The van der Waals surface area contributed by atoms with Gasteiger partial charge in [0.05, 0.1) is 5.75 Å². The molecule has 0 aromatic heterocycles. The molecular formula is C23H28Cl2N2O2S. The Hall–Kier alpha value is -1.69. The molecule has 2 amide bonds. The fourth-order valence-electron chi connectivity index (χ4n) is 2.79. The first-order chi connectivity index (χ1) is 14.3. The Kier molecular flexibility index (Phi) is 10.0. The molecule has 0 fully saturated rings. The van der Waals surface area contributed by atoms with Crippen LogP contribution in [0.5, 0.6) is 0 Å². The van der Waals surface area contributed by atoms with Crippen molar-refractivity contribution < 1.29 is 9.59 Å².